The predicted octanol–water partition coefficient (Wildman–Crippen LogP) is 5.52. The average Bonchev–Trinajstić information content (AvgIpc) is 2.70. The lowest BCUT2D eigenvalue weighted by Crippen LogP contribution is -2.34. The van der Waals surface area contributed by atoms with Crippen LogP contribution in [0.15, 0.2) is 36.4 Å². The zero-order chi connectivity index (χ0) is 19.5. The minimum Gasteiger partial charge on any atom is -0.469 e. The molecule has 0 unspecified atom stereocenters. The Hall–Kier alpha value is -2.10. The Labute approximate surface area is 162 Å². The summed E-state index contributed by atoms with van der Waals surface area (Å²) in [7, 11) is 1.37. The number of ether oxygens (including phenoxy) is 2. The zero-order valence-electron chi connectivity index (χ0n) is 16.6. The molecule has 1 aromatic rings. The summed E-state index contributed by atoms with van der Waals surface area (Å²) >= 11 is 0. The summed E-state index contributed by atoms with van der Waals surface area (Å²) in [5, 5.41) is 0. The molecular formula is C23H32O4. The predicted molar refractivity (Wildman–Crippen MR) is 107 cm³/mol. The van der Waals surface area contributed by atoms with Crippen LogP contribution in [0.25, 0.3) is 5.76 Å². The van der Waals surface area contributed by atoms with Gasteiger partial charge in [0, 0.05) is 5.56 Å². The van der Waals surface area contributed by atoms with E-state index < -0.39 is 11.8 Å². The third-order valence-corrected chi connectivity index (χ3v) is 5.18. The lowest BCUT2D eigenvalue weighted by Gasteiger charge is -2.27. The van der Waals surface area contributed by atoms with Crippen LogP contribution >= 0.6 is 0 Å². The van der Waals surface area contributed by atoms with Crippen LogP contribution < -0.4 is 0 Å². The highest BCUT2D eigenvalue weighted by molar-refractivity contribution is 5.90. The van der Waals surface area contributed by atoms with Crippen LogP contribution in [0.4, 0.5) is 0 Å². The van der Waals surface area contributed by atoms with Gasteiger partial charge in [0.15, 0.2) is 0 Å². The van der Waals surface area contributed by atoms with E-state index in [2.05, 4.69) is 6.92 Å². The van der Waals surface area contributed by atoms with E-state index in [0.717, 1.165) is 18.4 Å². The summed E-state index contributed by atoms with van der Waals surface area (Å²) in [5.74, 6) is -1.27. The summed E-state index contributed by atoms with van der Waals surface area (Å²) in [6.45, 7) is 2.22. The Morgan fingerprint density at radius 1 is 1.00 bits per heavy atom. The second kappa shape index (κ2) is 11.6. The van der Waals surface area contributed by atoms with Gasteiger partial charge in [-0.05, 0) is 12.5 Å². The second-order valence-corrected chi connectivity index (χ2v) is 7.24. The van der Waals surface area contributed by atoms with Gasteiger partial charge in [0.1, 0.15) is 5.76 Å². The van der Waals surface area contributed by atoms with Gasteiger partial charge in [-0.25, -0.2) is 0 Å². The van der Waals surface area contributed by atoms with E-state index >= 15 is 0 Å². The van der Waals surface area contributed by atoms with Crippen LogP contribution in [0.5, 0.6) is 0 Å². The molecule has 0 N–H and O–H groups in total. The van der Waals surface area contributed by atoms with Gasteiger partial charge in [-0.2, -0.15) is 0 Å². The van der Waals surface area contributed by atoms with Gasteiger partial charge >= 0.3 is 11.9 Å². The lowest BCUT2D eigenvalue weighted by molar-refractivity contribution is -0.155. The van der Waals surface area contributed by atoms with Crippen LogP contribution in [-0.2, 0) is 19.1 Å². The Bertz CT molecular complexity index is 621. The monoisotopic (exact) mass is 372 g/mol. The molecule has 0 saturated carbocycles. The molecule has 2 rings (SSSR count). The van der Waals surface area contributed by atoms with E-state index in [1.165, 1.54) is 45.6 Å². The van der Waals surface area contributed by atoms with Crippen LogP contribution in [0, 0.1) is 11.8 Å². The topological polar surface area (TPSA) is 52.6 Å². The van der Waals surface area contributed by atoms with Gasteiger partial charge in [-0.3, -0.25) is 9.59 Å². The highest BCUT2D eigenvalue weighted by Crippen LogP contribution is 2.33. The standard InChI is InChI=1S/C23H32O4/c1-3-4-5-6-7-8-9-13-16-19-20(22(24)26-2)17-21(27-23(19)25)18-14-11-10-12-15-18/h10-12,14-15,17,19-20H,3-9,13,16H2,1-2H3/t19-,20-/m0/s1. The van der Waals surface area contributed by atoms with Crippen molar-refractivity contribution in [2.45, 2.75) is 64.7 Å². The maximum atomic E-state index is 12.6. The molecule has 2 atom stereocenters. The number of unbranched alkanes of at least 4 members (excludes halogenated alkanes) is 7. The van der Waals surface area contributed by atoms with Crippen LogP contribution in [-0.4, -0.2) is 19.0 Å². The molecule has 1 aliphatic heterocycles. The smallest absolute Gasteiger partial charge is 0.315 e. The number of rotatable bonds is 11. The number of esters is 2. The number of hydrogen-bond acceptors (Lipinski definition) is 4. The molecule has 1 aliphatic rings. The van der Waals surface area contributed by atoms with Crippen LogP contribution in [0.3, 0.4) is 0 Å². The Morgan fingerprint density at radius 3 is 2.26 bits per heavy atom. The first kappa shape index (κ1) is 21.2. The van der Waals surface area contributed by atoms with E-state index in [-0.39, 0.29) is 11.9 Å². The molecule has 0 saturated heterocycles. The largest absolute Gasteiger partial charge is 0.469 e. The van der Waals surface area contributed by atoms with Gasteiger partial charge in [0.2, 0.25) is 0 Å². The summed E-state index contributed by atoms with van der Waals surface area (Å²) in [6, 6.07) is 9.39. The Kier molecular flexibility index (Phi) is 9.09. The molecule has 1 heterocycles. The van der Waals surface area contributed by atoms with Crippen molar-refractivity contribution in [3.05, 3.63) is 42.0 Å². The summed E-state index contributed by atoms with van der Waals surface area (Å²) in [4.78, 5) is 24.8. The fourth-order valence-electron chi connectivity index (χ4n) is 3.57. The Balaban J connectivity index is 1.92. The van der Waals surface area contributed by atoms with Crippen molar-refractivity contribution in [1.29, 1.82) is 0 Å². The second-order valence-electron chi connectivity index (χ2n) is 7.24. The summed E-state index contributed by atoms with van der Waals surface area (Å²) < 4.78 is 10.5. The molecule has 0 bridgehead atoms. The number of benzene rings is 1. The number of methoxy groups -OCH3 is 1. The van der Waals surface area contributed by atoms with Gasteiger partial charge in [0.25, 0.3) is 0 Å². The molecule has 0 radical (unpaired) electrons. The molecule has 1 aromatic carbocycles. The first-order chi connectivity index (χ1) is 13.2. The molecule has 148 valence electrons. The highest BCUT2D eigenvalue weighted by Gasteiger charge is 2.38. The first-order valence-corrected chi connectivity index (χ1v) is 10.2. The molecular weight excluding hydrogens is 340 g/mol. The number of cyclic esters (lactones) is 1. The van der Waals surface area contributed by atoms with Crippen molar-refractivity contribution in [2.75, 3.05) is 7.11 Å². The third kappa shape index (κ3) is 6.53. The fourth-order valence-corrected chi connectivity index (χ4v) is 3.57. The molecule has 0 aliphatic carbocycles. The lowest BCUT2D eigenvalue weighted by atomic mass is 9.84. The maximum absolute atomic E-state index is 12.6. The van der Waals surface area contributed by atoms with Gasteiger partial charge in [-0.1, -0.05) is 88.6 Å². The number of carbonyl (C=O) groups excluding carboxylic acids is 2. The molecule has 27 heavy (non-hydrogen) atoms. The van der Waals surface area contributed by atoms with E-state index in [1.54, 1.807) is 6.08 Å². The molecule has 0 aromatic heterocycles. The van der Waals surface area contributed by atoms with Crippen molar-refractivity contribution in [2.24, 2.45) is 11.8 Å². The maximum Gasteiger partial charge on any atom is 0.315 e. The summed E-state index contributed by atoms with van der Waals surface area (Å²) in [5.41, 5.74) is 0.797. The van der Waals surface area contributed by atoms with Crippen LogP contribution in [0.1, 0.15) is 70.3 Å². The Morgan fingerprint density at radius 2 is 1.63 bits per heavy atom. The molecule has 0 spiro atoms. The van der Waals surface area contributed by atoms with Crippen molar-refractivity contribution in [1.82, 2.24) is 0 Å². The summed E-state index contributed by atoms with van der Waals surface area (Å²) in [6.07, 6.45) is 12.0. The van der Waals surface area contributed by atoms with Crippen molar-refractivity contribution in [3.8, 4) is 0 Å². The highest BCUT2D eigenvalue weighted by atomic mass is 16.5. The van der Waals surface area contributed by atoms with Gasteiger partial charge in [-0.15, -0.1) is 0 Å². The fraction of sp³-hybridized carbons (Fsp3) is 0.565. The van der Waals surface area contributed by atoms with Crippen molar-refractivity contribution >= 4 is 17.7 Å². The van der Waals surface area contributed by atoms with E-state index in [1.807, 2.05) is 30.3 Å². The quantitative estimate of drug-likeness (QED) is 0.379. The molecule has 0 amide bonds. The van der Waals surface area contributed by atoms with Crippen molar-refractivity contribution in [3.63, 3.8) is 0 Å². The minimum absolute atomic E-state index is 0.324. The van der Waals surface area contributed by atoms with E-state index in [4.69, 9.17) is 9.47 Å². The van der Waals surface area contributed by atoms with E-state index in [0.29, 0.717) is 12.2 Å². The van der Waals surface area contributed by atoms with Crippen molar-refractivity contribution < 1.29 is 19.1 Å². The molecule has 4 heteroatoms. The van der Waals surface area contributed by atoms with E-state index in [9.17, 15) is 9.59 Å². The minimum atomic E-state index is -0.573. The van der Waals surface area contributed by atoms with Gasteiger partial charge < -0.3 is 9.47 Å². The molecule has 0 fully saturated rings. The normalized spacial score (nSPS) is 19.3. The van der Waals surface area contributed by atoms with Crippen LogP contribution in [0.2, 0.25) is 0 Å². The number of carbonyl (C=O) groups is 2. The average molecular weight is 373 g/mol. The third-order valence-electron chi connectivity index (χ3n) is 5.18. The number of hydrogen-bond donors (Lipinski definition) is 0. The first-order valence-electron chi connectivity index (χ1n) is 10.2. The SMILES string of the molecule is CCCCCCCCCC[C@@H]1C(=O)OC(c2ccccc2)=C[C@@H]1C(=O)OC. The molecule has 4 nitrogen and oxygen atoms in total. The van der Waals surface area contributed by atoms with Gasteiger partial charge in [0.05, 0.1) is 18.9 Å². The zero-order valence-corrected chi connectivity index (χ0v) is 16.6.